The number of ether oxygens (including phenoxy) is 1. The van der Waals surface area contributed by atoms with Crippen molar-refractivity contribution < 1.29 is 14.3 Å². The minimum Gasteiger partial charge on any atom is -0.383 e. The van der Waals surface area contributed by atoms with Gasteiger partial charge in [0, 0.05) is 63.5 Å². The number of aryl methyl sites for hydroxylation is 3. The van der Waals surface area contributed by atoms with Gasteiger partial charge in [0.15, 0.2) is 6.29 Å². The molecule has 4 rings (SSSR count). The summed E-state index contributed by atoms with van der Waals surface area (Å²) in [5.74, 6) is -0.172. The maximum atomic E-state index is 13.2. The van der Waals surface area contributed by atoms with Crippen LogP contribution in [0.15, 0.2) is 30.7 Å². The lowest BCUT2D eigenvalue weighted by molar-refractivity contribution is 0.102. The molecule has 35 heavy (non-hydrogen) atoms. The molecule has 4 heterocycles. The van der Waals surface area contributed by atoms with Crippen molar-refractivity contribution in [3.05, 3.63) is 53.2 Å². The SMILES string of the molecule is COCCNc1cc(NC(=O)c2cn(C)c3cc(-c4cn(C)nc4C)c(C=O)nc23)ncc1C#N. The molecule has 0 aromatic carbocycles. The number of hydrogen-bond acceptors (Lipinski definition) is 8. The molecular formula is C24H24N8O3. The summed E-state index contributed by atoms with van der Waals surface area (Å²) in [7, 11) is 5.20. The quantitative estimate of drug-likeness (QED) is 0.295. The highest BCUT2D eigenvalue weighted by molar-refractivity contribution is 6.12. The number of aromatic nitrogens is 5. The molecule has 0 aliphatic heterocycles. The Labute approximate surface area is 201 Å². The summed E-state index contributed by atoms with van der Waals surface area (Å²) in [5.41, 5.74) is 4.68. The molecule has 0 unspecified atom stereocenters. The first-order valence-corrected chi connectivity index (χ1v) is 10.8. The Morgan fingerprint density at radius 1 is 1.26 bits per heavy atom. The summed E-state index contributed by atoms with van der Waals surface area (Å²) in [6.45, 7) is 2.81. The Hall–Kier alpha value is -4.56. The molecule has 4 aromatic heterocycles. The van der Waals surface area contributed by atoms with E-state index in [-0.39, 0.29) is 11.5 Å². The van der Waals surface area contributed by atoms with E-state index in [4.69, 9.17) is 4.74 Å². The predicted octanol–water partition coefficient (Wildman–Crippen LogP) is 2.67. The van der Waals surface area contributed by atoms with Crippen LogP contribution < -0.4 is 10.6 Å². The Balaban J connectivity index is 1.70. The van der Waals surface area contributed by atoms with Crippen LogP contribution in [0.2, 0.25) is 0 Å². The van der Waals surface area contributed by atoms with Crippen molar-refractivity contribution in [3.63, 3.8) is 0 Å². The summed E-state index contributed by atoms with van der Waals surface area (Å²) in [6, 6.07) is 5.49. The van der Waals surface area contributed by atoms with Crippen molar-refractivity contribution in [1.82, 2.24) is 24.3 Å². The Bertz CT molecular complexity index is 1480. The molecule has 0 aliphatic rings. The van der Waals surface area contributed by atoms with E-state index in [1.807, 2.05) is 26.2 Å². The molecule has 0 radical (unpaired) electrons. The van der Waals surface area contributed by atoms with Crippen molar-refractivity contribution in [2.24, 2.45) is 14.1 Å². The molecule has 0 aliphatic carbocycles. The van der Waals surface area contributed by atoms with Crippen molar-refractivity contribution >= 4 is 34.7 Å². The zero-order valence-corrected chi connectivity index (χ0v) is 19.8. The number of amides is 1. The minimum atomic E-state index is -0.440. The van der Waals surface area contributed by atoms with E-state index in [1.165, 1.54) is 6.20 Å². The van der Waals surface area contributed by atoms with E-state index in [0.29, 0.717) is 52.8 Å². The van der Waals surface area contributed by atoms with Crippen molar-refractivity contribution in [1.29, 1.82) is 5.26 Å². The van der Waals surface area contributed by atoms with E-state index in [1.54, 1.807) is 35.7 Å². The van der Waals surface area contributed by atoms with Crippen LogP contribution in [0.1, 0.15) is 32.1 Å². The first-order valence-electron chi connectivity index (χ1n) is 10.8. The Morgan fingerprint density at radius 3 is 2.71 bits per heavy atom. The molecule has 0 spiro atoms. The molecule has 178 valence electrons. The zero-order valence-electron chi connectivity index (χ0n) is 19.8. The molecule has 11 heteroatoms. The van der Waals surface area contributed by atoms with Gasteiger partial charge in [0.25, 0.3) is 5.91 Å². The van der Waals surface area contributed by atoms with Gasteiger partial charge in [0.2, 0.25) is 0 Å². The first-order chi connectivity index (χ1) is 16.9. The van der Waals surface area contributed by atoms with Crippen LogP contribution in [-0.4, -0.2) is 56.8 Å². The standard InChI is InChI=1S/C24H24N8O3/c1-14-17(12-32(3)30-14)16-7-21-23(28-20(16)13-33)18(11-31(21)2)24(34)29-22-8-19(26-5-6-35-4)15(9-25)10-27-22/h7-8,10-13H,5-6H2,1-4H3,(H2,26,27,29,34). The second-order valence-corrected chi connectivity index (χ2v) is 7.96. The number of nitrogens with one attached hydrogen (secondary N) is 2. The first kappa shape index (κ1) is 23.6. The smallest absolute Gasteiger partial charge is 0.260 e. The van der Waals surface area contributed by atoms with Gasteiger partial charge in [-0.2, -0.15) is 10.4 Å². The number of rotatable bonds is 8. The molecule has 0 fully saturated rings. The topological polar surface area (TPSA) is 140 Å². The molecule has 0 saturated carbocycles. The van der Waals surface area contributed by atoms with Gasteiger partial charge in [0.05, 0.1) is 34.6 Å². The fourth-order valence-corrected chi connectivity index (χ4v) is 3.87. The van der Waals surface area contributed by atoms with E-state index < -0.39 is 5.91 Å². The highest BCUT2D eigenvalue weighted by Gasteiger charge is 2.21. The number of pyridine rings is 2. The number of anilines is 2. The maximum absolute atomic E-state index is 13.2. The number of hydrogen-bond donors (Lipinski definition) is 2. The molecule has 0 bridgehead atoms. The monoisotopic (exact) mass is 472 g/mol. The largest absolute Gasteiger partial charge is 0.383 e. The fraction of sp³-hybridized carbons (Fsp3) is 0.250. The third-order valence-corrected chi connectivity index (χ3v) is 5.54. The average Bonchev–Trinajstić information content (AvgIpc) is 3.36. The number of methoxy groups -OCH3 is 1. The lowest BCUT2D eigenvalue weighted by Crippen LogP contribution is -2.14. The van der Waals surface area contributed by atoms with Crippen LogP contribution in [0.25, 0.3) is 22.2 Å². The van der Waals surface area contributed by atoms with Gasteiger partial charge >= 0.3 is 0 Å². The summed E-state index contributed by atoms with van der Waals surface area (Å²) in [5, 5.41) is 19.5. The molecular weight excluding hydrogens is 448 g/mol. The predicted molar refractivity (Wildman–Crippen MR) is 130 cm³/mol. The van der Waals surface area contributed by atoms with Crippen LogP contribution >= 0.6 is 0 Å². The van der Waals surface area contributed by atoms with Crippen LogP contribution in [-0.2, 0) is 18.8 Å². The Kier molecular flexibility index (Phi) is 6.57. The summed E-state index contributed by atoms with van der Waals surface area (Å²) in [6.07, 6.45) is 5.55. The zero-order chi connectivity index (χ0) is 25.1. The summed E-state index contributed by atoms with van der Waals surface area (Å²) < 4.78 is 8.49. The number of aldehydes is 1. The van der Waals surface area contributed by atoms with E-state index >= 15 is 0 Å². The average molecular weight is 473 g/mol. The summed E-state index contributed by atoms with van der Waals surface area (Å²) in [4.78, 5) is 33.8. The molecule has 2 N–H and O–H groups in total. The van der Waals surface area contributed by atoms with Gasteiger partial charge in [-0.05, 0) is 13.0 Å². The molecule has 1 amide bonds. The number of nitriles is 1. The molecule has 0 saturated heterocycles. The van der Waals surface area contributed by atoms with Gasteiger partial charge in [-0.3, -0.25) is 14.3 Å². The van der Waals surface area contributed by atoms with Gasteiger partial charge in [-0.15, -0.1) is 0 Å². The fourth-order valence-electron chi connectivity index (χ4n) is 3.87. The molecule has 11 nitrogen and oxygen atoms in total. The van der Waals surface area contributed by atoms with Crippen molar-refractivity contribution in [3.8, 4) is 17.2 Å². The number of carbonyl (C=O) groups is 2. The van der Waals surface area contributed by atoms with Gasteiger partial charge in [-0.25, -0.2) is 9.97 Å². The van der Waals surface area contributed by atoms with Gasteiger partial charge in [0.1, 0.15) is 23.1 Å². The number of nitrogens with zero attached hydrogens (tertiary/aromatic N) is 6. The second-order valence-electron chi connectivity index (χ2n) is 7.96. The van der Waals surface area contributed by atoms with E-state index in [0.717, 1.165) is 11.3 Å². The highest BCUT2D eigenvalue weighted by Crippen LogP contribution is 2.30. The van der Waals surface area contributed by atoms with Crippen molar-refractivity contribution in [2.75, 3.05) is 30.9 Å². The third kappa shape index (κ3) is 4.60. The second kappa shape index (κ2) is 9.74. The van der Waals surface area contributed by atoms with Crippen LogP contribution in [0.4, 0.5) is 11.5 Å². The van der Waals surface area contributed by atoms with Crippen LogP contribution in [0.5, 0.6) is 0 Å². The van der Waals surface area contributed by atoms with Gasteiger partial charge in [-0.1, -0.05) is 0 Å². The molecule has 4 aromatic rings. The van der Waals surface area contributed by atoms with Crippen LogP contribution in [0, 0.1) is 18.3 Å². The molecule has 0 atom stereocenters. The van der Waals surface area contributed by atoms with E-state index in [9.17, 15) is 14.9 Å². The van der Waals surface area contributed by atoms with Gasteiger partial charge < -0.3 is 19.9 Å². The lowest BCUT2D eigenvalue weighted by Gasteiger charge is -2.10. The minimum absolute atomic E-state index is 0.218. The third-order valence-electron chi connectivity index (χ3n) is 5.54. The Morgan fingerprint density at radius 2 is 2.06 bits per heavy atom. The number of carbonyl (C=O) groups excluding carboxylic acids is 2. The lowest BCUT2D eigenvalue weighted by atomic mass is 10.0. The summed E-state index contributed by atoms with van der Waals surface area (Å²) >= 11 is 0. The van der Waals surface area contributed by atoms with Crippen molar-refractivity contribution in [2.45, 2.75) is 6.92 Å². The van der Waals surface area contributed by atoms with E-state index in [2.05, 4.69) is 31.8 Å². The van der Waals surface area contributed by atoms with Crippen LogP contribution in [0.3, 0.4) is 0 Å². The highest BCUT2D eigenvalue weighted by atomic mass is 16.5. The normalized spacial score (nSPS) is 10.8. The number of fused-ring (bicyclic) bond motifs is 1. The maximum Gasteiger partial charge on any atom is 0.260 e.